The number of aliphatic carboxylic acids is 1. The first kappa shape index (κ1) is 16.0. The SMILES string of the molecule is CC(Cc1ccc(Br)cc1)(Nc1ccccc1Br)C(=O)O. The second-order valence-corrected chi connectivity index (χ2v) is 6.82. The molecule has 0 aliphatic heterocycles. The fourth-order valence-electron chi connectivity index (χ4n) is 2.04. The minimum Gasteiger partial charge on any atom is -0.480 e. The molecule has 0 fully saturated rings. The van der Waals surface area contributed by atoms with Crippen LogP contribution in [0.5, 0.6) is 0 Å². The predicted octanol–water partition coefficient (Wildman–Crippen LogP) is 4.71. The van der Waals surface area contributed by atoms with E-state index >= 15 is 0 Å². The molecule has 1 atom stereocenters. The first-order valence-electron chi connectivity index (χ1n) is 6.41. The topological polar surface area (TPSA) is 49.3 Å². The first-order valence-corrected chi connectivity index (χ1v) is 8.00. The Balaban J connectivity index is 2.26. The lowest BCUT2D eigenvalue weighted by atomic mass is 9.92. The summed E-state index contributed by atoms with van der Waals surface area (Å²) < 4.78 is 1.82. The molecule has 0 amide bonds. The maximum absolute atomic E-state index is 11.7. The van der Waals surface area contributed by atoms with Gasteiger partial charge in [-0.1, -0.05) is 40.2 Å². The molecular weight excluding hydrogens is 398 g/mol. The molecule has 0 aliphatic carbocycles. The molecule has 2 N–H and O–H groups in total. The zero-order valence-electron chi connectivity index (χ0n) is 11.4. The van der Waals surface area contributed by atoms with E-state index in [0.717, 1.165) is 20.2 Å². The summed E-state index contributed by atoms with van der Waals surface area (Å²) in [5.41, 5.74) is 0.639. The van der Waals surface area contributed by atoms with Gasteiger partial charge in [-0.05, 0) is 52.7 Å². The molecule has 0 heterocycles. The van der Waals surface area contributed by atoms with Crippen molar-refractivity contribution in [3.8, 4) is 0 Å². The number of carbonyl (C=O) groups is 1. The van der Waals surface area contributed by atoms with Crippen LogP contribution in [-0.4, -0.2) is 16.6 Å². The van der Waals surface area contributed by atoms with Gasteiger partial charge < -0.3 is 10.4 Å². The molecule has 0 saturated heterocycles. The maximum Gasteiger partial charge on any atom is 0.329 e. The van der Waals surface area contributed by atoms with Crippen molar-refractivity contribution in [1.29, 1.82) is 0 Å². The smallest absolute Gasteiger partial charge is 0.329 e. The van der Waals surface area contributed by atoms with Gasteiger partial charge in [0.05, 0.1) is 0 Å². The highest BCUT2D eigenvalue weighted by molar-refractivity contribution is 9.10. The Kier molecular flexibility index (Phi) is 5.06. The molecule has 0 aromatic heterocycles. The minimum absolute atomic E-state index is 0.386. The van der Waals surface area contributed by atoms with E-state index in [4.69, 9.17) is 0 Å². The van der Waals surface area contributed by atoms with Crippen LogP contribution in [0.15, 0.2) is 57.5 Å². The van der Waals surface area contributed by atoms with E-state index in [1.54, 1.807) is 6.92 Å². The Morgan fingerprint density at radius 2 is 1.76 bits per heavy atom. The summed E-state index contributed by atoms with van der Waals surface area (Å²) in [4.78, 5) is 11.7. The van der Waals surface area contributed by atoms with Gasteiger partial charge in [-0.3, -0.25) is 0 Å². The highest BCUT2D eigenvalue weighted by atomic mass is 79.9. The number of carboxylic acids is 1. The first-order chi connectivity index (χ1) is 9.90. The van der Waals surface area contributed by atoms with Crippen molar-refractivity contribution in [2.45, 2.75) is 18.9 Å². The number of hydrogen-bond acceptors (Lipinski definition) is 2. The molecule has 0 radical (unpaired) electrons. The van der Waals surface area contributed by atoms with Crippen molar-refractivity contribution >= 4 is 43.5 Å². The van der Waals surface area contributed by atoms with E-state index < -0.39 is 11.5 Å². The summed E-state index contributed by atoms with van der Waals surface area (Å²) in [5, 5.41) is 12.7. The lowest BCUT2D eigenvalue weighted by Crippen LogP contribution is -2.45. The number of hydrogen-bond donors (Lipinski definition) is 2. The van der Waals surface area contributed by atoms with Crippen LogP contribution in [0.2, 0.25) is 0 Å². The third-order valence-electron chi connectivity index (χ3n) is 3.23. The number of halogens is 2. The lowest BCUT2D eigenvalue weighted by Gasteiger charge is -2.28. The van der Waals surface area contributed by atoms with Crippen LogP contribution in [0, 0.1) is 0 Å². The molecule has 5 heteroatoms. The molecule has 2 aromatic carbocycles. The number of anilines is 1. The number of carboxylic acid groups (broad SMARTS) is 1. The van der Waals surface area contributed by atoms with Crippen LogP contribution in [-0.2, 0) is 11.2 Å². The third-order valence-corrected chi connectivity index (χ3v) is 4.45. The second-order valence-electron chi connectivity index (χ2n) is 5.05. The number of para-hydroxylation sites is 1. The van der Waals surface area contributed by atoms with E-state index in [1.807, 2.05) is 48.5 Å². The Morgan fingerprint density at radius 1 is 1.14 bits per heavy atom. The summed E-state index contributed by atoms with van der Waals surface area (Å²) in [6.07, 6.45) is 0.386. The minimum atomic E-state index is -1.09. The molecular formula is C16H15Br2NO2. The number of rotatable bonds is 5. The molecule has 0 aliphatic rings. The van der Waals surface area contributed by atoms with E-state index in [9.17, 15) is 9.90 Å². The average molecular weight is 413 g/mol. The summed E-state index contributed by atoms with van der Waals surface area (Å²) >= 11 is 6.81. The van der Waals surface area contributed by atoms with Crippen molar-refractivity contribution in [3.63, 3.8) is 0 Å². The van der Waals surface area contributed by atoms with E-state index in [2.05, 4.69) is 37.2 Å². The zero-order chi connectivity index (χ0) is 15.5. The Bertz CT molecular complexity index is 643. The normalized spacial score (nSPS) is 13.5. The van der Waals surface area contributed by atoms with Crippen molar-refractivity contribution in [2.75, 3.05) is 5.32 Å². The van der Waals surface area contributed by atoms with Crippen molar-refractivity contribution < 1.29 is 9.90 Å². The predicted molar refractivity (Wildman–Crippen MR) is 91.7 cm³/mol. The number of nitrogens with one attached hydrogen (secondary N) is 1. The van der Waals surface area contributed by atoms with Crippen LogP contribution < -0.4 is 5.32 Å². The Morgan fingerprint density at radius 3 is 2.33 bits per heavy atom. The van der Waals surface area contributed by atoms with Gasteiger partial charge in [0.15, 0.2) is 0 Å². The van der Waals surface area contributed by atoms with Gasteiger partial charge in [-0.15, -0.1) is 0 Å². The quantitative estimate of drug-likeness (QED) is 0.747. The van der Waals surface area contributed by atoms with Gasteiger partial charge in [-0.25, -0.2) is 4.79 Å². The van der Waals surface area contributed by atoms with Crippen molar-refractivity contribution in [3.05, 3.63) is 63.0 Å². The molecule has 1 unspecified atom stereocenters. The Hall–Kier alpha value is -1.33. The molecule has 0 spiro atoms. The summed E-state index contributed by atoms with van der Waals surface area (Å²) in [5.74, 6) is -0.888. The van der Waals surface area contributed by atoms with Crippen LogP contribution >= 0.6 is 31.9 Å². The van der Waals surface area contributed by atoms with Gasteiger partial charge in [0.1, 0.15) is 5.54 Å². The monoisotopic (exact) mass is 411 g/mol. The zero-order valence-corrected chi connectivity index (χ0v) is 14.6. The van der Waals surface area contributed by atoms with Crippen molar-refractivity contribution in [2.24, 2.45) is 0 Å². The summed E-state index contributed by atoms with van der Waals surface area (Å²) in [6.45, 7) is 1.69. The van der Waals surface area contributed by atoms with E-state index in [0.29, 0.717) is 6.42 Å². The molecule has 3 nitrogen and oxygen atoms in total. The van der Waals surface area contributed by atoms with Crippen molar-refractivity contribution in [1.82, 2.24) is 0 Å². The van der Waals surface area contributed by atoms with Crippen LogP contribution in [0.25, 0.3) is 0 Å². The highest BCUT2D eigenvalue weighted by Crippen LogP contribution is 2.27. The van der Waals surface area contributed by atoms with Crippen LogP contribution in [0.1, 0.15) is 12.5 Å². The number of benzene rings is 2. The highest BCUT2D eigenvalue weighted by Gasteiger charge is 2.33. The van der Waals surface area contributed by atoms with E-state index in [-0.39, 0.29) is 0 Å². The molecule has 21 heavy (non-hydrogen) atoms. The lowest BCUT2D eigenvalue weighted by molar-refractivity contribution is -0.141. The van der Waals surface area contributed by atoms with Gasteiger partial charge in [0.25, 0.3) is 0 Å². The fraction of sp³-hybridized carbons (Fsp3) is 0.188. The second kappa shape index (κ2) is 6.62. The van der Waals surface area contributed by atoms with Gasteiger partial charge in [0, 0.05) is 21.1 Å². The van der Waals surface area contributed by atoms with Gasteiger partial charge in [0.2, 0.25) is 0 Å². The Labute approximate surface area is 140 Å². The summed E-state index contributed by atoms with van der Waals surface area (Å²) in [6, 6.07) is 15.2. The van der Waals surface area contributed by atoms with Gasteiger partial charge in [-0.2, -0.15) is 0 Å². The third kappa shape index (κ3) is 4.08. The largest absolute Gasteiger partial charge is 0.480 e. The molecule has 2 aromatic rings. The molecule has 0 bridgehead atoms. The molecule has 0 saturated carbocycles. The fourth-order valence-corrected chi connectivity index (χ4v) is 2.69. The molecule has 2 rings (SSSR count). The summed E-state index contributed by atoms with van der Waals surface area (Å²) in [7, 11) is 0. The average Bonchev–Trinajstić information content (AvgIpc) is 2.44. The van der Waals surface area contributed by atoms with Gasteiger partial charge >= 0.3 is 5.97 Å². The maximum atomic E-state index is 11.7. The van der Waals surface area contributed by atoms with Crippen LogP contribution in [0.4, 0.5) is 5.69 Å². The molecule has 110 valence electrons. The van der Waals surface area contributed by atoms with Crippen LogP contribution in [0.3, 0.4) is 0 Å². The standard InChI is InChI=1S/C16H15Br2NO2/c1-16(15(20)21,10-11-6-8-12(17)9-7-11)19-14-5-3-2-4-13(14)18/h2-9,19H,10H2,1H3,(H,20,21). The van der Waals surface area contributed by atoms with E-state index in [1.165, 1.54) is 0 Å².